The van der Waals surface area contributed by atoms with Crippen molar-refractivity contribution in [3.63, 3.8) is 0 Å². The molecule has 0 aromatic heterocycles. The minimum absolute atomic E-state index is 0.104. The summed E-state index contributed by atoms with van der Waals surface area (Å²) in [5.41, 5.74) is 0.305. The molecule has 0 unspecified atom stereocenters. The highest BCUT2D eigenvalue weighted by Gasteiger charge is 2.71. The Hall–Kier alpha value is -4.28. The third kappa shape index (κ3) is 6.69. The molecule has 254 valence electrons. The first-order valence-corrected chi connectivity index (χ1v) is 17.1. The van der Waals surface area contributed by atoms with E-state index in [4.69, 9.17) is 9.47 Å². The highest BCUT2D eigenvalue weighted by Crippen LogP contribution is 2.53. The minimum atomic E-state index is -1.38. The van der Waals surface area contributed by atoms with Crippen molar-refractivity contribution in [1.82, 2.24) is 15.1 Å². The van der Waals surface area contributed by atoms with Gasteiger partial charge in [-0.1, -0.05) is 97.8 Å². The molecule has 7 atom stereocenters. The molecule has 2 N–H and O–H groups in total. The van der Waals surface area contributed by atoms with Crippen LogP contribution in [0.5, 0.6) is 0 Å². The van der Waals surface area contributed by atoms with Crippen LogP contribution in [0.25, 0.3) is 0 Å². The third-order valence-electron chi connectivity index (χ3n) is 9.95. The van der Waals surface area contributed by atoms with Gasteiger partial charge in [0.1, 0.15) is 23.7 Å². The fraction of sp³-hybridized carbons (Fsp3) is 0.474. The number of hydrogen-bond acceptors (Lipinski definition) is 7. The summed E-state index contributed by atoms with van der Waals surface area (Å²) < 4.78 is 13.1. The lowest BCUT2D eigenvalue weighted by Crippen LogP contribution is -2.55. The maximum absolute atomic E-state index is 14.6. The van der Waals surface area contributed by atoms with Crippen LogP contribution in [0.15, 0.2) is 85.0 Å². The summed E-state index contributed by atoms with van der Waals surface area (Å²) in [5.74, 6) is -3.29. The van der Waals surface area contributed by atoms with E-state index in [1.165, 1.54) is 0 Å². The number of benzene rings is 2. The standard InChI is InChI=1S/C38H45N3O7/c1-26-33(28-17-8-5-9-18-28)47-37(46)31-29(19-10-11-20-30(43)39-26)48-38-21-14-22-40(25-27-15-6-4-7-16-27)36(45)34(38)41(35(44)32(31)38)23-12-2-3-13-24-42/h4-10,14-19,21,26,29,31-34,42H,2-3,11-13,20,22-25H2,1H3,(H,39,43)/b19-10-/t26-,29-,31+,32+,33+,34-,38+/m0/s1. The zero-order valence-electron chi connectivity index (χ0n) is 27.4. The summed E-state index contributed by atoms with van der Waals surface area (Å²) in [7, 11) is 0. The Labute approximate surface area is 281 Å². The monoisotopic (exact) mass is 655 g/mol. The molecule has 48 heavy (non-hydrogen) atoms. The average Bonchev–Trinajstić information content (AvgIpc) is 3.47. The predicted octanol–water partition coefficient (Wildman–Crippen LogP) is 3.86. The lowest BCUT2D eigenvalue weighted by atomic mass is 9.77. The number of nitrogens with zero attached hydrogens (tertiary/aromatic N) is 2. The third-order valence-corrected chi connectivity index (χ3v) is 9.95. The maximum Gasteiger partial charge on any atom is 0.313 e. The van der Waals surface area contributed by atoms with Crippen LogP contribution in [0.4, 0.5) is 0 Å². The number of cyclic esters (lactones) is 1. The van der Waals surface area contributed by atoms with Crippen LogP contribution < -0.4 is 5.32 Å². The molecule has 2 aromatic rings. The first kappa shape index (κ1) is 33.6. The largest absolute Gasteiger partial charge is 0.455 e. The van der Waals surface area contributed by atoms with Gasteiger partial charge < -0.3 is 29.7 Å². The predicted molar refractivity (Wildman–Crippen MR) is 178 cm³/mol. The summed E-state index contributed by atoms with van der Waals surface area (Å²) in [6.07, 6.45) is 9.20. The molecule has 6 rings (SSSR count). The van der Waals surface area contributed by atoms with Gasteiger partial charge in [-0.3, -0.25) is 19.2 Å². The number of amides is 3. The van der Waals surface area contributed by atoms with E-state index in [2.05, 4.69) is 5.32 Å². The molecule has 10 heteroatoms. The number of ether oxygens (including phenoxy) is 2. The van der Waals surface area contributed by atoms with Crippen molar-refractivity contribution >= 4 is 23.7 Å². The van der Waals surface area contributed by atoms with E-state index in [-0.39, 0.29) is 30.7 Å². The second kappa shape index (κ2) is 14.9. The van der Waals surface area contributed by atoms with Gasteiger partial charge in [0.2, 0.25) is 17.7 Å². The molecule has 2 saturated heterocycles. The molecule has 2 aromatic carbocycles. The second-order valence-corrected chi connectivity index (χ2v) is 13.2. The molecule has 4 heterocycles. The van der Waals surface area contributed by atoms with Crippen LogP contribution in [0.2, 0.25) is 0 Å². The topological polar surface area (TPSA) is 125 Å². The first-order valence-electron chi connectivity index (χ1n) is 17.1. The first-order chi connectivity index (χ1) is 23.3. The van der Waals surface area contributed by atoms with Crippen molar-refractivity contribution in [3.05, 3.63) is 96.1 Å². The van der Waals surface area contributed by atoms with E-state index >= 15 is 0 Å². The average molecular weight is 656 g/mol. The van der Waals surface area contributed by atoms with E-state index in [1.807, 2.05) is 78.9 Å². The van der Waals surface area contributed by atoms with Gasteiger partial charge in [-0.25, -0.2) is 0 Å². The Morgan fingerprint density at radius 1 is 0.917 bits per heavy atom. The molecule has 0 saturated carbocycles. The quantitative estimate of drug-likeness (QED) is 0.239. The number of allylic oxidation sites excluding steroid dienone is 1. The Balaban J connectivity index is 1.38. The maximum atomic E-state index is 14.6. The lowest BCUT2D eigenvalue weighted by Gasteiger charge is -2.35. The van der Waals surface area contributed by atoms with Gasteiger partial charge in [-0.15, -0.1) is 0 Å². The van der Waals surface area contributed by atoms with Crippen molar-refractivity contribution in [1.29, 1.82) is 0 Å². The Morgan fingerprint density at radius 2 is 1.65 bits per heavy atom. The van der Waals surface area contributed by atoms with E-state index < -0.39 is 47.7 Å². The van der Waals surface area contributed by atoms with Crippen LogP contribution in [0, 0.1) is 11.8 Å². The zero-order chi connectivity index (χ0) is 33.7. The molecule has 2 fully saturated rings. The number of nitrogens with one attached hydrogen (secondary N) is 1. The summed E-state index contributed by atoms with van der Waals surface area (Å²) in [6.45, 7) is 2.93. The number of aliphatic hydroxyl groups is 1. The Kier molecular flexibility index (Phi) is 10.4. The summed E-state index contributed by atoms with van der Waals surface area (Å²) in [6, 6.07) is 17.5. The molecule has 0 bridgehead atoms. The normalized spacial score (nSPS) is 31.1. The molecule has 0 aliphatic carbocycles. The number of likely N-dealkylation sites (tertiary alicyclic amines) is 1. The van der Waals surface area contributed by atoms with Gasteiger partial charge in [-0.2, -0.15) is 0 Å². The van der Waals surface area contributed by atoms with Gasteiger partial charge in [-0.05, 0) is 37.3 Å². The SMILES string of the molecule is C[C@@H]1NC(=O)CC/C=C\[C@@H]2O[C@@]34C=CCN(Cc5ccccc5)C(=O)[C@@H]3N(CCCCCCO)C(=O)[C@H]4[C@@H]2C(=O)O[C@H]1c1ccccc1. The van der Waals surface area contributed by atoms with Gasteiger partial charge in [0, 0.05) is 32.7 Å². The number of hydrogen-bond donors (Lipinski definition) is 2. The van der Waals surface area contributed by atoms with Crippen LogP contribution in [-0.4, -0.2) is 82.1 Å². The van der Waals surface area contributed by atoms with Crippen molar-refractivity contribution in [2.45, 2.75) is 81.9 Å². The molecule has 4 aliphatic heterocycles. The molecular weight excluding hydrogens is 610 g/mol. The lowest BCUT2D eigenvalue weighted by molar-refractivity contribution is -0.161. The van der Waals surface area contributed by atoms with Gasteiger partial charge >= 0.3 is 5.97 Å². The van der Waals surface area contributed by atoms with Crippen molar-refractivity contribution in [2.24, 2.45) is 11.8 Å². The fourth-order valence-electron chi connectivity index (χ4n) is 7.68. The summed E-state index contributed by atoms with van der Waals surface area (Å²) in [5, 5.41) is 12.2. The Morgan fingerprint density at radius 3 is 2.40 bits per heavy atom. The number of fused-ring (bicyclic) bond motifs is 2. The number of carbonyl (C=O) groups is 4. The highest BCUT2D eigenvalue weighted by molar-refractivity contribution is 5.99. The van der Waals surface area contributed by atoms with Crippen LogP contribution in [0.3, 0.4) is 0 Å². The molecule has 3 amide bonds. The van der Waals surface area contributed by atoms with Crippen molar-refractivity contribution in [3.8, 4) is 0 Å². The van der Waals surface area contributed by atoms with Crippen molar-refractivity contribution < 1.29 is 33.8 Å². The molecule has 1 spiro atoms. The molecule has 0 radical (unpaired) electrons. The summed E-state index contributed by atoms with van der Waals surface area (Å²) in [4.78, 5) is 59.8. The zero-order valence-corrected chi connectivity index (χ0v) is 27.4. The number of aliphatic hydroxyl groups excluding tert-OH is 1. The smallest absolute Gasteiger partial charge is 0.313 e. The number of rotatable bonds is 9. The molecule has 4 aliphatic rings. The summed E-state index contributed by atoms with van der Waals surface area (Å²) >= 11 is 0. The van der Waals surface area contributed by atoms with Crippen LogP contribution in [-0.2, 0) is 35.2 Å². The number of unbranched alkanes of at least 4 members (excludes halogenated alkanes) is 3. The van der Waals surface area contributed by atoms with Crippen LogP contribution >= 0.6 is 0 Å². The van der Waals surface area contributed by atoms with E-state index in [0.29, 0.717) is 38.9 Å². The van der Waals surface area contributed by atoms with E-state index in [0.717, 1.165) is 24.0 Å². The second-order valence-electron chi connectivity index (χ2n) is 13.2. The van der Waals surface area contributed by atoms with Gasteiger partial charge in [0.15, 0.2) is 0 Å². The van der Waals surface area contributed by atoms with Crippen LogP contribution in [0.1, 0.15) is 62.7 Å². The molecular formula is C38H45N3O7. The van der Waals surface area contributed by atoms with Gasteiger partial charge in [0.05, 0.1) is 18.1 Å². The minimum Gasteiger partial charge on any atom is -0.455 e. The molecule has 10 nitrogen and oxygen atoms in total. The number of esters is 1. The Bertz CT molecular complexity index is 1530. The van der Waals surface area contributed by atoms with E-state index in [1.54, 1.807) is 22.8 Å². The van der Waals surface area contributed by atoms with Crippen molar-refractivity contribution in [2.75, 3.05) is 19.7 Å². The van der Waals surface area contributed by atoms with E-state index in [9.17, 15) is 24.3 Å². The number of carbonyl (C=O) groups excluding carboxylic acids is 4. The fourth-order valence-corrected chi connectivity index (χ4v) is 7.68. The van der Waals surface area contributed by atoms with Gasteiger partial charge in [0.25, 0.3) is 0 Å². The highest BCUT2D eigenvalue weighted by atomic mass is 16.6.